The molecule has 1 aromatic rings. The maximum Gasteiger partial charge on any atom is 0.121 e. The van der Waals surface area contributed by atoms with Gasteiger partial charge in [-0.1, -0.05) is 11.6 Å². The van der Waals surface area contributed by atoms with Crippen molar-refractivity contribution in [1.29, 1.82) is 0 Å². The molecule has 0 saturated carbocycles. The maximum absolute atomic E-state index is 8.97. The van der Waals surface area contributed by atoms with E-state index in [4.69, 9.17) is 21.4 Å². The lowest BCUT2D eigenvalue weighted by molar-refractivity contribution is 0.123. The molecule has 0 aliphatic heterocycles. The molecule has 0 saturated heterocycles. The Morgan fingerprint density at radius 1 is 1.62 bits per heavy atom. The zero-order valence-electron chi connectivity index (χ0n) is 7.13. The molecule has 0 amide bonds. The predicted molar refractivity (Wildman–Crippen MR) is 56.3 cm³/mol. The van der Waals surface area contributed by atoms with Crippen molar-refractivity contribution in [3.8, 4) is 5.75 Å². The van der Waals surface area contributed by atoms with Crippen LogP contribution >= 0.6 is 27.5 Å². The highest BCUT2D eigenvalue weighted by Crippen LogP contribution is 2.26. The molecule has 72 valence electrons. The first-order valence-corrected chi connectivity index (χ1v) is 5.02. The molecule has 2 nitrogen and oxygen atoms in total. The van der Waals surface area contributed by atoms with Crippen molar-refractivity contribution in [1.82, 2.24) is 0 Å². The molecule has 1 rings (SSSR count). The molecule has 0 heterocycles. The van der Waals surface area contributed by atoms with Crippen LogP contribution in [0.5, 0.6) is 5.75 Å². The number of halogens is 2. The highest BCUT2D eigenvalue weighted by molar-refractivity contribution is 9.10. The van der Waals surface area contributed by atoms with Crippen LogP contribution in [0.25, 0.3) is 0 Å². The number of hydrogen-bond donors (Lipinski definition) is 1. The molecular formula is C9H10BrClO2. The quantitative estimate of drug-likeness (QED) is 0.911. The van der Waals surface area contributed by atoms with Crippen molar-refractivity contribution in [3.05, 3.63) is 27.7 Å². The van der Waals surface area contributed by atoms with Gasteiger partial charge in [0.05, 0.1) is 11.1 Å². The summed E-state index contributed by atoms with van der Waals surface area (Å²) in [6.07, 6.45) is -0.470. The van der Waals surface area contributed by atoms with Crippen LogP contribution in [0.2, 0.25) is 5.02 Å². The van der Waals surface area contributed by atoms with E-state index >= 15 is 0 Å². The van der Waals surface area contributed by atoms with Crippen LogP contribution in [0.3, 0.4) is 0 Å². The van der Waals surface area contributed by atoms with Gasteiger partial charge in [0, 0.05) is 4.47 Å². The Balaban J connectivity index is 2.63. The summed E-state index contributed by atoms with van der Waals surface area (Å²) >= 11 is 9.11. The molecule has 0 aromatic heterocycles. The summed E-state index contributed by atoms with van der Waals surface area (Å²) in [5.74, 6) is 0.661. The van der Waals surface area contributed by atoms with Gasteiger partial charge < -0.3 is 9.84 Å². The normalized spacial score (nSPS) is 12.6. The summed E-state index contributed by atoms with van der Waals surface area (Å²) in [7, 11) is 0. The minimum absolute atomic E-state index is 0.276. The summed E-state index contributed by atoms with van der Waals surface area (Å²) in [5.41, 5.74) is 0. The average molecular weight is 266 g/mol. The van der Waals surface area contributed by atoms with Gasteiger partial charge >= 0.3 is 0 Å². The minimum Gasteiger partial charge on any atom is -0.491 e. The van der Waals surface area contributed by atoms with Gasteiger partial charge in [-0.3, -0.25) is 0 Å². The molecule has 0 unspecified atom stereocenters. The van der Waals surface area contributed by atoms with Gasteiger partial charge in [0.1, 0.15) is 12.4 Å². The summed E-state index contributed by atoms with van der Waals surface area (Å²) in [4.78, 5) is 0. The monoisotopic (exact) mass is 264 g/mol. The third-order valence-corrected chi connectivity index (χ3v) is 2.61. The Hall–Kier alpha value is -0.250. The molecule has 0 aliphatic rings. The van der Waals surface area contributed by atoms with E-state index in [0.29, 0.717) is 10.8 Å². The summed E-state index contributed by atoms with van der Waals surface area (Å²) < 4.78 is 6.08. The highest BCUT2D eigenvalue weighted by atomic mass is 79.9. The van der Waals surface area contributed by atoms with Crippen molar-refractivity contribution < 1.29 is 9.84 Å². The predicted octanol–water partition coefficient (Wildman–Crippen LogP) is 2.86. The molecule has 1 atom stereocenters. The number of ether oxygens (including phenoxy) is 1. The van der Waals surface area contributed by atoms with Crippen LogP contribution in [0.15, 0.2) is 22.7 Å². The van der Waals surface area contributed by atoms with Crippen molar-refractivity contribution in [2.45, 2.75) is 13.0 Å². The van der Waals surface area contributed by atoms with E-state index in [2.05, 4.69) is 15.9 Å². The van der Waals surface area contributed by atoms with Crippen LogP contribution in [-0.2, 0) is 0 Å². The van der Waals surface area contributed by atoms with Crippen LogP contribution in [0.4, 0.5) is 0 Å². The molecule has 0 radical (unpaired) electrons. The van der Waals surface area contributed by atoms with E-state index in [0.717, 1.165) is 4.47 Å². The fourth-order valence-electron chi connectivity index (χ4n) is 0.783. The van der Waals surface area contributed by atoms with Gasteiger partial charge in [-0.15, -0.1) is 0 Å². The number of rotatable bonds is 3. The lowest BCUT2D eigenvalue weighted by Gasteiger charge is -2.08. The van der Waals surface area contributed by atoms with Gasteiger partial charge in [0.15, 0.2) is 0 Å². The van der Waals surface area contributed by atoms with E-state index in [1.165, 1.54) is 0 Å². The first kappa shape index (κ1) is 10.8. The Bertz CT molecular complexity index is 289. The third kappa shape index (κ3) is 3.55. The lowest BCUT2D eigenvalue weighted by atomic mass is 10.3. The maximum atomic E-state index is 8.97. The van der Waals surface area contributed by atoms with Gasteiger partial charge in [-0.25, -0.2) is 0 Å². The van der Waals surface area contributed by atoms with E-state index in [1.54, 1.807) is 25.1 Å². The van der Waals surface area contributed by atoms with E-state index in [9.17, 15) is 0 Å². The molecule has 0 spiro atoms. The SMILES string of the molecule is C[C@H](O)COc1ccc(Br)c(Cl)c1. The molecule has 13 heavy (non-hydrogen) atoms. The second-order valence-electron chi connectivity index (χ2n) is 2.74. The largest absolute Gasteiger partial charge is 0.491 e. The Morgan fingerprint density at radius 3 is 2.85 bits per heavy atom. The third-order valence-electron chi connectivity index (χ3n) is 1.38. The van der Waals surface area contributed by atoms with E-state index < -0.39 is 6.10 Å². The smallest absolute Gasteiger partial charge is 0.121 e. The first-order chi connectivity index (χ1) is 6.09. The van der Waals surface area contributed by atoms with Gasteiger partial charge in [0.2, 0.25) is 0 Å². The van der Waals surface area contributed by atoms with Crippen molar-refractivity contribution in [3.63, 3.8) is 0 Å². The Kier molecular flexibility index (Phi) is 4.03. The van der Waals surface area contributed by atoms with Crippen LogP contribution in [0, 0.1) is 0 Å². The summed E-state index contributed by atoms with van der Waals surface area (Å²) in [6.45, 7) is 1.94. The number of aliphatic hydroxyl groups excluding tert-OH is 1. The molecule has 0 fully saturated rings. The average Bonchev–Trinajstić information content (AvgIpc) is 2.07. The van der Waals surface area contributed by atoms with E-state index in [-0.39, 0.29) is 6.61 Å². The molecule has 1 aromatic carbocycles. The van der Waals surface area contributed by atoms with Crippen LogP contribution in [-0.4, -0.2) is 17.8 Å². The van der Waals surface area contributed by atoms with Crippen LogP contribution in [0.1, 0.15) is 6.92 Å². The van der Waals surface area contributed by atoms with Gasteiger partial charge in [0.25, 0.3) is 0 Å². The summed E-state index contributed by atoms with van der Waals surface area (Å²) in [5, 5.41) is 9.57. The molecular weight excluding hydrogens is 255 g/mol. The lowest BCUT2D eigenvalue weighted by Crippen LogP contribution is -2.12. The topological polar surface area (TPSA) is 29.5 Å². The fourth-order valence-corrected chi connectivity index (χ4v) is 1.20. The second-order valence-corrected chi connectivity index (χ2v) is 4.00. The van der Waals surface area contributed by atoms with Gasteiger partial charge in [-0.05, 0) is 41.1 Å². The van der Waals surface area contributed by atoms with Gasteiger partial charge in [-0.2, -0.15) is 0 Å². The standard InChI is InChI=1S/C9H10BrClO2/c1-6(12)5-13-7-2-3-8(10)9(11)4-7/h2-4,6,12H,5H2,1H3/t6-/m0/s1. The first-order valence-electron chi connectivity index (χ1n) is 3.85. The summed E-state index contributed by atoms with van der Waals surface area (Å²) in [6, 6.07) is 5.30. The van der Waals surface area contributed by atoms with E-state index in [1.807, 2.05) is 0 Å². The molecule has 4 heteroatoms. The minimum atomic E-state index is -0.470. The number of hydrogen-bond acceptors (Lipinski definition) is 2. The highest BCUT2D eigenvalue weighted by Gasteiger charge is 2.01. The van der Waals surface area contributed by atoms with Crippen LogP contribution < -0.4 is 4.74 Å². The number of benzene rings is 1. The van der Waals surface area contributed by atoms with Crippen molar-refractivity contribution in [2.24, 2.45) is 0 Å². The zero-order valence-corrected chi connectivity index (χ0v) is 9.47. The second kappa shape index (κ2) is 4.84. The Morgan fingerprint density at radius 2 is 2.31 bits per heavy atom. The fraction of sp³-hybridized carbons (Fsp3) is 0.333. The molecule has 1 N–H and O–H groups in total. The molecule has 0 aliphatic carbocycles. The van der Waals surface area contributed by atoms with Crippen molar-refractivity contribution >= 4 is 27.5 Å². The Labute approximate surface area is 90.6 Å². The van der Waals surface area contributed by atoms with Crippen molar-refractivity contribution in [2.75, 3.05) is 6.61 Å². The number of aliphatic hydroxyl groups is 1. The molecule has 0 bridgehead atoms. The zero-order chi connectivity index (χ0) is 9.84.